The molecule has 1 atom stereocenters. The van der Waals surface area contributed by atoms with Crippen molar-refractivity contribution in [3.05, 3.63) is 29.6 Å². The van der Waals surface area contributed by atoms with Gasteiger partial charge in [0.05, 0.1) is 12.6 Å². The molecule has 3 nitrogen and oxygen atoms in total. The number of hydrogen-bond donors (Lipinski definition) is 2. The van der Waals surface area contributed by atoms with Gasteiger partial charge in [-0.25, -0.2) is 0 Å². The first-order valence-corrected chi connectivity index (χ1v) is 3.64. The predicted molar refractivity (Wildman–Crippen MR) is 41.8 cm³/mol. The number of aromatic nitrogens is 1. The van der Waals surface area contributed by atoms with E-state index < -0.39 is 6.23 Å². The first-order chi connectivity index (χ1) is 5.25. The molecule has 0 aliphatic heterocycles. The van der Waals surface area contributed by atoms with Crippen LogP contribution < -0.4 is 5.32 Å². The summed E-state index contributed by atoms with van der Waals surface area (Å²) < 4.78 is 0. The highest BCUT2D eigenvalue weighted by molar-refractivity contribution is 5.18. The number of hydrogen-bond acceptors (Lipinski definition) is 2. The summed E-state index contributed by atoms with van der Waals surface area (Å²) in [6.07, 6.45) is 1.24. The summed E-state index contributed by atoms with van der Waals surface area (Å²) >= 11 is 0. The monoisotopic (exact) mass is 153 g/mol. The first-order valence-electron chi connectivity index (χ1n) is 3.64. The molecule has 1 rings (SSSR count). The largest absolute Gasteiger partial charge is 0.341 e. The van der Waals surface area contributed by atoms with Gasteiger partial charge in [0.25, 0.3) is 0 Å². The average Bonchev–Trinajstić information content (AvgIpc) is 2.04. The van der Waals surface area contributed by atoms with Gasteiger partial charge in [-0.05, 0) is 19.1 Å². The average molecular weight is 153 g/mol. The van der Waals surface area contributed by atoms with Gasteiger partial charge in [0.2, 0.25) is 6.23 Å². The number of rotatable bonds is 2. The van der Waals surface area contributed by atoms with E-state index in [1.54, 1.807) is 11.5 Å². The van der Waals surface area contributed by atoms with Crippen LogP contribution in [0, 0.1) is 6.92 Å². The molecule has 0 amide bonds. The van der Waals surface area contributed by atoms with Crippen LogP contribution in [-0.4, -0.2) is 17.1 Å². The number of nitrogens with two attached hydrogens (primary N) is 1. The van der Waals surface area contributed by atoms with Crippen LogP contribution in [0.15, 0.2) is 18.3 Å². The maximum Gasteiger partial charge on any atom is 0.216 e. The molecule has 11 heavy (non-hydrogen) atoms. The highest BCUT2D eigenvalue weighted by Gasteiger charge is 2.09. The third kappa shape index (κ3) is 1.76. The second kappa shape index (κ2) is 3.46. The highest BCUT2D eigenvalue weighted by atomic mass is 16.3. The summed E-state index contributed by atoms with van der Waals surface area (Å²) in [5.74, 6) is 0. The predicted octanol–water partition coefficient (Wildman–Crippen LogP) is -0.426. The zero-order valence-electron chi connectivity index (χ0n) is 6.78. The third-order valence-electron chi connectivity index (χ3n) is 1.68. The Morgan fingerprint density at radius 3 is 2.91 bits per heavy atom. The fourth-order valence-electron chi connectivity index (χ4n) is 0.989. The second-order valence-electron chi connectivity index (χ2n) is 2.46. The van der Waals surface area contributed by atoms with E-state index in [1.807, 2.05) is 26.1 Å². The molecule has 0 saturated heterocycles. The van der Waals surface area contributed by atoms with E-state index in [1.165, 1.54) is 0 Å². The minimum absolute atomic E-state index is 0.483. The van der Waals surface area contributed by atoms with Gasteiger partial charge in [0, 0.05) is 11.9 Å². The Morgan fingerprint density at radius 2 is 2.36 bits per heavy atom. The van der Waals surface area contributed by atoms with E-state index in [-0.39, 0.29) is 0 Å². The number of nitrogens with zero attached hydrogens (tertiary/aromatic N) is 1. The topological polar surface area (TPSA) is 49.7 Å². The zero-order chi connectivity index (χ0) is 8.27. The molecule has 0 bridgehead atoms. The molecule has 0 radical (unpaired) electrons. The van der Waals surface area contributed by atoms with Crippen LogP contribution in [0.25, 0.3) is 0 Å². The van der Waals surface area contributed by atoms with E-state index in [9.17, 15) is 5.11 Å². The standard InChI is InChI=1S/C8H12N2O/c1-6-7(8(11)9-2)4-3-5-10-6/h3-5,8-9,11H,1-2H3/p+1. The fraction of sp³-hybridized carbons (Fsp3) is 0.375. The molecule has 1 aromatic rings. The van der Waals surface area contributed by atoms with Crippen LogP contribution in [0.1, 0.15) is 17.5 Å². The molecule has 0 fully saturated rings. The molecule has 0 aliphatic rings. The molecule has 0 saturated carbocycles. The van der Waals surface area contributed by atoms with Gasteiger partial charge in [-0.15, -0.1) is 0 Å². The van der Waals surface area contributed by atoms with Crippen molar-refractivity contribution in [3.63, 3.8) is 0 Å². The first kappa shape index (κ1) is 8.17. The van der Waals surface area contributed by atoms with Gasteiger partial charge in [0.1, 0.15) is 0 Å². The minimum atomic E-state index is -0.483. The lowest BCUT2D eigenvalue weighted by Crippen LogP contribution is -2.81. The maximum absolute atomic E-state index is 9.41. The third-order valence-corrected chi connectivity index (χ3v) is 1.68. The quantitative estimate of drug-likeness (QED) is 0.567. The molecule has 0 spiro atoms. The van der Waals surface area contributed by atoms with Crippen molar-refractivity contribution in [2.75, 3.05) is 7.05 Å². The lowest BCUT2D eigenvalue weighted by atomic mass is 10.2. The fourth-order valence-corrected chi connectivity index (χ4v) is 0.989. The molecule has 0 aliphatic carbocycles. The van der Waals surface area contributed by atoms with Crippen LogP contribution in [-0.2, 0) is 0 Å². The van der Waals surface area contributed by atoms with E-state index >= 15 is 0 Å². The molecule has 60 valence electrons. The van der Waals surface area contributed by atoms with E-state index in [0.29, 0.717) is 0 Å². The van der Waals surface area contributed by atoms with Crippen molar-refractivity contribution >= 4 is 0 Å². The van der Waals surface area contributed by atoms with Crippen LogP contribution in [0.2, 0.25) is 0 Å². The summed E-state index contributed by atoms with van der Waals surface area (Å²) in [7, 11) is 1.83. The molecule has 1 aromatic heterocycles. The number of quaternary nitrogens is 1. The van der Waals surface area contributed by atoms with Gasteiger partial charge in [-0.2, -0.15) is 0 Å². The number of aryl methyl sites for hydroxylation is 1. The van der Waals surface area contributed by atoms with Crippen LogP contribution in [0.4, 0.5) is 0 Å². The van der Waals surface area contributed by atoms with Crippen molar-refractivity contribution in [1.82, 2.24) is 4.98 Å². The van der Waals surface area contributed by atoms with Crippen LogP contribution >= 0.6 is 0 Å². The summed E-state index contributed by atoms with van der Waals surface area (Å²) in [5, 5.41) is 11.2. The number of pyridine rings is 1. The SMILES string of the molecule is C[NH2+]C(O)c1cccnc1C. The molecule has 3 heteroatoms. The molecule has 3 N–H and O–H groups in total. The van der Waals surface area contributed by atoms with E-state index in [4.69, 9.17) is 0 Å². The van der Waals surface area contributed by atoms with Crippen molar-refractivity contribution in [3.8, 4) is 0 Å². The summed E-state index contributed by atoms with van der Waals surface area (Å²) in [4.78, 5) is 4.07. The van der Waals surface area contributed by atoms with Crippen molar-refractivity contribution < 1.29 is 10.4 Å². The summed E-state index contributed by atoms with van der Waals surface area (Å²) in [5.41, 5.74) is 1.77. The Hall–Kier alpha value is -0.930. The van der Waals surface area contributed by atoms with Crippen LogP contribution in [0.3, 0.4) is 0 Å². The zero-order valence-corrected chi connectivity index (χ0v) is 6.78. The number of aliphatic hydroxyl groups is 1. The lowest BCUT2D eigenvalue weighted by molar-refractivity contribution is -0.708. The van der Waals surface area contributed by atoms with Crippen molar-refractivity contribution in [2.24, 2.45) is 0 Å². The molecular formula is C8H13N2O+. The Kier molecular flexibility index (Phi) is 2.57. The van der Waals surface area contributed by atoms with Crippen molar-refractivity contribution in [1.29, 1.82) is 0 Å². The smallest absolute Gasteiger partial charge is 0.216 e. The van der Waals surface area contributed by atoms with Crippen molar-refractivity contribution in [2.45, 2.75) is 13.2 Å². The maximum atomic E-state index is 9.41. The summed E-state index contributed by atoms with van der Waals surface area (Å²) in [6.45, 7) is 1.89. The summed E-state index contributed by atoms with van der Waals surface area (Å²) in [6, 6.07) is 3.71. The Bertz CT molecular complexity index is 237. The van der Waals surface area contributed by atoms with Gasteiger partial charge >= 0.3 is 0 Å². The Morgan fingerprint density at radius 1 is 1.64 bits per heavy atom. The van der Waals surface area contributed by atoms with Gasteiger partial charge in [0.15, 0.2) is 0 Å². The Labute approximate surface area is 66.1 Å². The highest BCUT2D eigenvalue weighted by Crippen LogP contribution is 2.08. The molecule has 1 heterocycles. The van der Waals surface area contributed by atoms with Gasteiger partial charge in [-0.1, -0.05) is 0 Å². The van der Waals surface area contributed by atoms with E-state index in [0.717, 1.165) is 11.3 Å². The minimum Gasteiger partial charge on any atom is -0.341 e. The number of aliphatic hydroxyl groups excluding tert-OH is 1. The Balaban J connectivity index is 2.93. The van der Waals surface area contributed by atoms with E-state index in [2.05, 4.69) is 4.98 Å². The molecular weight excluding hydrogens is 140 g/mol. The normalized spacial score (nSPS) is 13.0. The second-order valence-corrected chi connectivity index (χ2v) is 2.46. The van der Waals surface area contributed by atoms with Gasteiger partial charge < -0.3 is 10.4 Å². The van der Waals surface area contributed by atoms with Gasteiger partial charge in [-0.3, -0.25) is 4.98 Å². The van der Waals surface area contributed by atoms with Crippen LogP contribution in [0.5, 0.6) is 0 Å². The lowest BCUT2D eigenvalue weighted by Gasteiger charge is -2.07. The molecule has 0 aromatic carbocycles. The molecule has 1 unspecified atom stereocenters.